The molecule has 3 heterocycles. The summed E-state index contributed by atoms with van der Waals surface area (Å²) >= 11 is 1.64. The molecular formula is C16H17N5OS. The van der Waals surface area contributed by atoms with E-state index in [-0.39, 0.29) is 0 Å². The van der Waals surface area contributed by atoms with Gasteiger partial charge < -0.3 is 9.42 Å². The molecule has 1 aromatic carbocycles. The van der Waals surface area contributed by atoms with E-state index in [1.165, 1.54) is 0 Å². The summed E-state index contributed by atoms with van der Waals surface area (Å²) in [4.78, 5) is 6.87. The fourth-order valence-electron chi connectivity index (χ4n) is 2.84. The van der Waals surface area contributed by atoms with Crippen LogP contribution in [-0.4, -0.2) is 33.4 Å². The van der Waals surface area contributed by atoms with Crippen molar-refractivity contribution in [3.8, 4) is 11.4 Å². The highest BCUT2D eigenvalue weighted by molar-refractivity contribution is 7.15. The molecule has 0 radical (unpaired) electrons. The lowest BCUT2D eigenvalue weighted by Crippen LogP contribution is -2.32. The van der Waals surface area contributed by atoms with Gasteiger partial charge in [0, 0.05) is 24.6 Å². The van der Waals surface area contributed by atoms with Gasteiger partial charge in [0.25, 0.3) is 0 Å². The average molecular weight is 327 g/mol. The Labute approximate surface area is 138 Å². The number of benzene rings is 1. The van der Waals surface area contributed by atoms with Crippen LogP contribution in [0.5, 0.6) is 0 Å². The largest absolute Gasteiger partial charge is 0.347 e. The molecule has 1 aliphatic rings. The van der Waals surface area contributed by atoms with Gasteiger partial charge in [-0.25, -0.2) is 0 Å². The third-order valence-electron chi connectivity index (χ3n) is 4.10. The molecule has 1 saturated heterocycles. The van der Waals surface area contributed by atoms with Gasteiger partial charge in [0.05, 0.1) is 0 Å². The summed E-state index contributed by atoms with van der Waals surface area (Å²) in [5.41, 5.74) is 0.990. The zero-order valence-corrected chi connectivity index (χ0v) is 13.7. The SMILES string of the molecule is Cc1nnc(N2CCC(c3nc(-c4ccccc4)no3)CC2)s1. The molecule has 7 heteroatoms. The zero-order chi connectivity index (χ0) is 15.6. The number of nitrogens with zero attached hydrogens (tertiary/aromatic N) is 5. The van der Waals surface area contributed by atoms with Crippen LogP contribution >= 0.6 is 11.3 Å². The lowest BCUT2D eigenvalue weighted by Gasteiger charge is -2.29. The van der Waals surface area contributed by atoms with Crippen molar-refractivity contribution in [1.29, 1.82) is 0 Å². The Kier molecular flexibility index (Phi) is 3.78. The molecular weight excluding hydrogens is 310 g/mol. The maximum absolute atomic E-state index is 5.50. The fourth-order valence-corrected chi connectivity index (χ4v) is 3.58. The van der Waals surface area contributed by atoms with Crippen molar-refractivity contribution >= 4 is 16.5 Å². The van der Waals surface area contributed by atoms with Crippen molar-refractivity contribution in [3.05, 3.63) is 41.2 Å². The molecule has 0 saturated carbocycles. The summed E-state index contributed by atoms with van der Waals surface area (Å²) in [6.07, 6.45) is 1.99. The quantitative estimate of drug-likeness (QED) is 0.735. The zero-order valence-electron chi connectivity index (χ0n) is 12.8. The predicted octanol–water partition coefficient (Wildman–Crippen LogP) is 3.28. The van der Waals surface area contributed by atoms with Gasteiger partial charge in [0.1, 0.15) is 5.01 Å². The highest BCUT2D eigenvalue weighted by Crippen LogP contribution is 2.31. The maximum Gasteiger partial charge on any atom is 0.230 e. The highest BCUT2D eigenvalue weighted by Gasteiger charge is 2.26. The number of aryl methyl sites for hydroxylation is 1. The van der Waals surface area contributed by atoms with E-state index < -0.39 is 0 Å². The van der Waals surface area contributed by atoms with Gasteiger partial charge in [-0.15, -0.1) is 10.2 Å². The molecule has 0 unspecified atom stereocenters. The molecule has 4 rings (SSSR count). The van der Waals surface area contributed by atoms with Crippen molar-refractivity contribution in [2.24, 2.45) is 0 Å². The molecule has 3 aromatic rings. The Morgan fingerprint density at radius 2 is 1.91 bits per heavy atom. The minimum absolute atomic E-state index is 0.324. The monoisotopic (exact) mass is 327 g/mol. The van der Waals surface area contributed by atoms with Crippen molar-refractivity contribution in [2.45, 2.75) is 25.7 Å². The first-order chi connectivity index (χ1) is 11.3. The van der Waals surface area contributed by atoms with E-state index >= 15 is 0 Å². The van der Waals surface area contributed by atoms with Gasteiger partial charge >= 0.3 is 0 Å². The third-order valence-corrected chi connectivity index (χ3v) is 5.00. The summed E-state index contributed by atoms with van der Waals surface area (Å²) < 4.78 is 5.50. The van der Waals surface area contributed by atoms with Crippen LogP contribution in [-0.2, 0) is 0 Å². The first-order valence-electron chi connectivity index (χ1n) is 7.73. The molecule has 6 nitrogen and oxygen atoms in total. The number of hydrogen-bond donors (Lipinski definition) is 0. The topological polar surface area (TPSA) is 67.9 Å². The Hall–Kier alpha value is -2.28. The van der Waals surface area contributed by atoms with Gasteiger partial charge in [-0.05, 0) is 19.8 Å². The van der Waals surface area contributed by atoms with Crippen molar-refractivity contribution < 1.29 is 4.52 Å². The average Bonchev–Trinajstić information content (AvgIpc) is 3.25. The summed E-state index contributed by atoms with van der Waals surface area (Å²) in [5, 5.41) is 14.5. The molecule has 0 bridgehead atoms. The van der Waals surface area contributed by atoms with Crippen molar-refractivity contribution in [3.63, 3.8) is 0 Å². The summed E-state index contributed by atoms with van der Waals surface area (Å²) in [6.45, 7) is 3.88. The van der Waals surface area contributed by atoms with Crippen LogP contribution in [0.25, 0.3) is 11.4 Å². The van der Waals surface area contributed by atoms with Crippen LogP contribution in [0.15, 0.2) is 34.9 Å². The van der Waals surface area contributed by atoms with E-state index in [1.807, 2.05) is 37.3 Å². The van der Waals surface area contributed by atoms with Crippen LogP contribution in [0.2, 0.25) is 0 Å². The molecule has 0 amide bonds. The Morgan fingerprint density at radius 1 is 1.13 bits per heavy atom. The maximum atomic E-state index is 5.50. The van der Waals surface area contributed by atoms with Crippen LogP contribution < -0.4 is 4.90 Å². The highest BCUT2D eigenvalue weighted by atomic mass is 32.1. The van der Waals surface area contributed by atoms with Gasteiger partial charge in [-0.2, -0.15) is 4.98 Å². The molecule has 0 atom stereocenters. The normalized spacial score (nSPS) is 16.0. The van der Waals surface area contributed by atoms with E-state index in [2.05, 4.69) is 25.2 Å². The second-order valence-electron chi connectivity index (χ2n) is 5.69. The first-order valence-corrected chi connectivity index (χ1v) is 8.55. The van der Waals surface area contributed by atoms with Crippen LogP contribution in [0.1, 0.15) is 29.7 Å². The molecule has 23 heavy (non-hydrogen) atoms. The minimum Gasteiger partial charge on any atom is -0.347 e. The van der Waals surface area contributed by atoms with Crippen molar-refractivity contribution in [1.82, 2.24) is 20.3 Å². The van der Waals surface area contributed by atoms with Crippen LogP contribution in [0.4, 0.5) is 5.13 Å². The molecule has 1 aliphatic heterocycles. The number of rotatable bonds is 3. The summed E-state index contributed by atoms with van der Waals surface area (Å²) in [7, 11) is 0. The molecule has 0 aliphatic carbocycles. The van der Waals surface area contributed by atoms with E-state index in [0.717, 1.165) is 47.5 Å². The summed E-state index contributed by atoms with van der Waals surface area (Å²) in [6, 6.07) is 9.93. The van der Waals surface area contributed by atoms with E-state index in [4.69, 9.17) is 4.52 Å². The smallest absolute Gasteiger partial charge is 0.230 e. The van der Waals surface area contributed by atoms with Gasteiger partial charge in [-0.3, -0.25) is 0 Å². The molecule has 2 aromatic heterocycles. The number of hydrogen-bond acceptors (Lipinski definition) is 7. The fraction of sp³-hybridized carbons (Fsp3) is 0.375. The number of aromatic nitrogens is 4. The minimum atomic E-state index is 0.324. The van der Waals surface area contributed by atoms with Crippen LogP contribution in [0, 0.1) is 6.92 Å². The van der Waals surface area contributed by atoms with E-state index in [1.54, 1.807) is 11.3 Å². The Morgan fingerprint density at radius 3 is 2.61 bits per heavy atom. The molecule has 0 N–H and O–H groups in total. The Bertz CT molecular complexity index is 777. The predicted molar refractivity (Wildman–Crippen MR) is 88.6 cm³/mol. The molecule has 0 spiro atoms. The first kappa shape index (κ1) is 14.3. The van der Waals surface area contributed by atoms with Gasteiger partial charge in [0.2, 0.25) is 16.8 Å². The Balaban J connectivity index is 1.44. The van der Waals surface area contributed by atoms with E-state index in [0.29, 0.717) is 11.7 Å². The third kappa shape index (κ3) is 2.96. The number of piperidine rings is 1. The van der Waals surface area contributed by atoms with Gasteiger partial charge in [0.15, 0.2) is 0 Å². The van der Waals surface area contributed by atoms with Crippen molar-refractivity contribution in [2.75, 3.05) is 18.0 Å². The molecule has 1 fully saturated rings. The van der Waals surface area contributed by atoms with E-state index in [9.17, 15) is 0 Å². The van der Waals surface area contributed by atoms with Crippen LogP contribution in [0.3, 0.4) is 0 Å². The lowest BCUT2D eigenvalue weighted by atomic mass is 9.97. The van der Waals surface area contributed by atoms with Gasteiger partial charge in [-0.1, -0.05) is 46.8 Å². The second kappa shape index (κ2) is 6.08. The number of anilines is 1. The lowest BCUT2D eigenvalue weighted by molar-refractivity contribution is 0.329. The standard InChI is InChI=1S/C16H17N5OS/c1-11-18-19-16(23-11)21-9-7-13(8-10-21)15-17-14(20-22-15)12-5-3-2-4-6-12/h2-6,13H,7-10H2,1H3. The summed E-state index contributed by atoms with van der Waals surface area (Å²) in [5.74, 6) is 1.74. The second-order valence-corrected chi connectivity index (χ2v) is 6.85. The molecule has 118 valence electrons.